The monoisotopic (exact) mass is 401 g/mol. The Labute approximate surface area is 169 Å². The van der Waals surface area contributed by atoms with Crippen molar-refractivity contribution in [1.29, 1.82) is 0 Å². The van der Waals surface area contributed by atoms with E-state index in [9.17, 15) is 9.18 Å². The van der Waals surface area contributed by atoms with Gasteiger partial charge in [-0.05, 0) is 48.0 Å². The molecule has 0 fully saturated rings. The Morgan fingerprint density at radius 2 is 1.76 bits per heavy atom. The summed E-state index contributed by atoms with van der Waals surface area (Å²) in [6, 6.07) is 19.0. The van der Waals surface area contributed by atoms with E-state index in [0.29, 0.717) is 33.0 Å². The maximum atomic E-state index is 14.6. The highest BCUT2D eigenvalue weighted by Crippen LogP contribution is 2.37. The summed E-state index contributed by atoms with van der Waals surface area (Å²) in [6.07, 6.45) is 1.69. The summed E-state index contributed by atoms with van der Waals surface area (Å²) in [4.78, 5) is 23.4. The van der Waals surface area contributed by atoms with Crippen LogP contribution in [0.25, 0.3) is 44.3 Å². The Hall–Kier alpha value is -3.57. The highest BCUT2D eigenvalue weighted by Gasteiger charge is 2.16. The van der Waals surface area contributed by atoms with Crippen LogP contribution in [0.4, 0.5) is 4.39 Å². The highest BCUT2D eigenvalue weighted by atomic mass is 35.5. The number of hydrogen-bond acceptors (Lipinski definition) is 3. The van der Waals surface area contributed by atoms with Crippen LogP contribution in [0.3, 0.4) is 0 Å². The molecule has 29 heavy (non-hydrogen) atoms. The molecule has 5 aromatic rings. The van der Waals surface area contributed by atoms with Crippen LogP contribution in [-0.4, -0.2) is 15.0 Å². The molecule has 6 heteroatoms. The number of halogens is 2. The normalized spacial score (nSPS) is 11.2. The average Bonchev–Trinajstić information content (AvgIpc) is 2.73. The van der Waals surface area contributed by atoms with Crippen LogP contribution in [0.15, 0.2) is 77.7 Å². The van der Waals surface area contributed by atoms with E-state index in [4.69, 9.17) is 11.6 Å². The first kappa shape index (κ1) is 17.5. The number of fused-ring (bicyclic) bond motifs is 2. The zero-order valence-electron chi connectivity index (χ0n) is 15.0. The molecule has 2 aromatic carbocycles. The fraction of sp³-hybridized carbons (Fsp3) is 0. The number of H-pyrrole nitrogens is 1. The van der Waals surface area contributed by atoms with Gasteiger partial charge in [-0.25, -0.2) is 9.37 Å². The summed E-state index contributed by atoms with van der Waals surface area (Å²) in [6.45, 7) is 0. The number of aromatic nitrogens is 3. The minimum atomic E-state index is -0.396. The molecule has 0 aliphatic heterocycles. The summed E-state index contributed by atoms with van der Waals surface area (Å²) in [5, 5.41) is 2.11. The maximum Gasteiger partial charge on any atom is 0.249 e. The van der Waals surface area contributed by atoms with Crippen molar-refractivity contribution in [3.8, 4) is 22.4 Å². The number of nitrogens with zero attached hydrogens (tertiary/aromatic N) is 2. The number of aromatic amines is 1. The van der Waals surface area contributed by atoms with Crippen LogP contribution in [0.2, 0.25) is 5.02 Å². The molecule has 3 heterocycles. The van der Waals surface area contributed by atoms with Gasteiger partial charge in [-0.2, -0.15) is 0 Å². The van der Waals surface area contributed by atoms with E-state index in [0.717, 1.165) is 16.3 Å². The maximum absolute atomic E-state index is 14.6. The third kappa shape index (κ3) is 3.05. The molecule has 0 unspecified atom stereocenters. The van der Waals surface area contributed by atoms with Crippen LogP contribution in [0.5, 0.6) is 0 Å². The summed E-state index contributed by atoms with van der Waals surface area (Å²) >= 11 is 6.48. The smallest absolute Gasteiger partial charge is 0.249 e. The van der Waals surface area contributed by atoms with Crippen LogP contribution in [0, 0.1) is 5.82 Å². The SMILES string of the molecule is O=c1ccc2cc(-c3cc(Cl)c4ncccc4c3)c(-c3ccccc3F)nc2[nH]1. The molecule has 0 aliphatic rings. The molecule has 0 spiro atoms. The molecule has 0 saturated carbocycles. The van der Waals surface area contributed by atoms with Gasteiger partial charge in [0.15, 0.2) is 0 Å². The first-order valence-electron chi connectivity index (χ1n) is 8.94. The van der Waals surface area contributed by atoms with Gasteiger partial charge in [-0.1, -0.05) is 29.8 Å². The molecular formula is C23H13ClFN3O. The third-order valence-corrected chi connectivity index (χ3v) is 5.09. The molecule has 0 bridgehead atoms. The van der Waals surface area contributed by atoms with E-state index in [1.54, 1.807) is 36.5 Å². The van der Waals surface area contributed by atoms with Gasteiger partial charge in [0.05, 0.1) is 16.2 Å². The van der Waals surface area contributed by atoms with E-state index < -0.39 is 5.82 Å². The molecule has 0 radical (unpaired) electrons. The van der Waals surface area contributed by atoms with Gasteiger partial charge in [0, 0.05) is 34.2 Å². The van der Waals surface area contributed by atoms with E-state index in [1.807, 2.05) is 24.3 Å². The lowest BCUT2D eigenvalue weighted by Gasteiger charge is -2.13. The Morgan fingerprint density at radius 3 is 2.62 bits per heavy atom. The quantitative estimate of drug-likeness (QED) is 0.419. The topological polar surface area (TPSA) is 58.6 Å². The van der Waals surface area contributed by atoms with Crippen molar-refractivity contribution in [2.75, 3.05) is 0 Å². The summed E-state index contributed by atoms with van der Waals surface area (Å²) in [5.41, 5.74) is 3.10. The number of rotatable bonds is 2. The fourth-order valence-electron chi connectivity index (χ4n) is 3.46. The highest BCUT2D eigenvalue weighted by molar-refractivity contribution is 6.35. The summed E-state index contributed by atoms with van der Waals surface area (Å²) < 4.78 is 14.6. The van der Waals surface area contributed by atoms with E-state index in [-0.39, 0.29) is 5.56 Å². The molecule has 0 amide bonds. The Kier molecular flexibility index (Phi) is 4.11. The van der Waals surface area contributed by atoms with Crippen molar-refractivity contribution in [3.63, 3.8) is 0 Å². The van der Waals surface area contributed by atoms with E-state index in [2.05, 4.69) is 15.0 Å². The molecule has 4 nitrogen and oxygen atoms in total. The number of nitrogens with one attached hydrogen (secondary N) is 1. The molecule has 3 aromatic heterocycles. The molecule has 0 aliphatic carbocycles. The standard InChI is InChI=1S/C23H13ClFN3O/c24-18-12-15(10-13-4-3-9-26-21(13)18)17-11-14-7-8-20(29)27-23(14)28-22(17)16-5-1-2-6-19(16)25/h1-12H,(H,27,28,29). The predicted octanol–water partition coefficient (Wildman–Crippen LogP) is 5.60. The van der Waals surface area contributed by atoms with Crippen molar-refractivity contribution >= 4 is 33.5 Å². The molecule has 1 N–H and O–H groups in total. The lowest BCUT2D eigenvalue weighted by Crippen LogP contribution is -2.05. The van der Waals surface area contributed by atoms with Crippen LogP contribution in [0.1, 0.15) is 0 Å². The number of benzene rings is 2. The summed E-state index contributed by atoms with van der Waals surface area (Å²) in [5.74, 6) is -0.396. The van der Waals surface area contributed by atoms with Gasteiger partial charge in [0.2, 0.25) is 5.56 Å². The number of hydrogen-bond donors (Lipinski definition) is 1. The zero-order valence-corrected chi connectivity index (χ0v) is 15.7. The van der Waals surface area contributed by atoms with Gasteiger partial charge in [0.25, 0.3) is 0 Å². The van der Waals surface area contributed by atoms with Crippen molar-refractivity contribution in [1.82, 2.24) is 15.0 Å². The lowest BCUT2D eigenvalue weighted by molar-refractivity contribution is 0.631. The van der Waals surface area contributed by atoms with Gasteiger partial charge >= 0.3 is 0 Å². The van der Waals surface area contributed by atoms with Gasteiger partial charge in [0.1, 0.15) is 11.5 Å². The van der Waals surface area contributed by atoms with Crippen LogP contribution >= 0.6 is 11.6 Å². The Bertz CT molecular complexity index is 1460. The van der Waals surface area contributed by atoms with Crippen LogP contribution in [-0.2, 0) is 0 Å². The summed E-state index contributed by atoms with van der Waals surface area (Å²) in [7, 11) is 0. The Morgan fingerprint density at radius 1 is 0.897 bits per heavy atom. The minimum absolute atomic E-state index is 0.267. The van der Waals surface area contributed by atoms with Crippen molar-refractivity contribution in [2.45, 2.75) is 0 Å². The van der Waals surface area contributed by atoms with Crippen molar-refractivity contribution in [3.05, 3.63) is 94.1 Å². The second kappa shape index (κ2) is 6.79. The van der Waals surface area contributed by atoms with Crippen molar-refractivity contribution < 1.29 is 4.39 Å². The second-order valence-electron chi connectivity index (χ2n) is 6.66. The van der Waals surface area contributed by atoms with Crippen molar-refractivity contribution in [2.24, 2.45) is 0 Å². The molecule has 5 rings (SSSR count). The van der Waals surface area contributed by atoms with Crippen LogP contribution < -0.4 is 5.56 Å². The molecular weight excluding hydrogens is 389 g/mol. The van der Waals surface area contributed by atoms with E-state index in [1.165, 1.54) is 12.1 Å². The second-order valence-corrected chi connectivity index (χ2v) is 7.07. The molecule has 0 atom stereocenters. The van der Waals surface area contributed by atoms with Gasteiger partial charge in [-0.15, -0.1) is 0 Å². The fourth-order valence-corrected chi connectivity index (χ4v) is 3.74. The largest absolute Gasteiger partial charge is 0.307 e. The zero-order chi connectivity index (χ0) is 20.0. The Balaban J connectivity index is 1.87. The number of pyridine rings is 3. The average molecular weight is 402 g/mol. The predicted molar refractivity (Wildman–Crippen MR) is 114 cm³/mol. The first-order valence-corrected chi connectivity index (χ1v) is 9.31. The molecule has 140 valence electrons. The first-order chi connectivity index (χ1) is 14.1. The van der Waals surface area contributed by atoms with E-state index >= 15 is 0 Å². The van der Waals surface area contributed by atoms with Gasteiger partial charge in [-0.3, -0.25) is 9.78 Å². The molecule has 0 saturated heterocycles. The lowest BCUT2D eigenvalue weighted by atomic mass is 9.96. The third-order valence-electron chi connectivity index (χ3n) is 4.81. The van der Waals surface area contributed by atoms with Gasteiger partial charge < -0.3 is 4.98 Å². The minimum Gasteiger partial charge on any atom is -0.307 e.